The molecule has 7 heteroatoms. The molecule has 0 amide bonds. The van der Waals surface area contributed by atoms with Crippen LogP contribution in [-0.2, 0) is 16.0 Å². The zero-order valence-corrected chi connectivity index (χ0v) is 15.3. The monoisotopic (exact) mass is 352 g/mol. The summed E-state index contributed by atoms with van der Waals surface area (Å²) in [5.41, 5.74) is 1.22. The Hall–Kier alpha value is -1.28. The van der Waals surface area contributed by atoms with Gasteiger partial charge in [-0.3, -0.25) is 9.88 Å². The Morgan fingerprint density at radius 1 is 1.38 bits per heavy atom. The van der Waals surface area contributed by atoms with E-state index in [9.17, 15) is 0 Å². The van der Waals surface area contributed by atoms with Crippen LogP contribution in [0.15, 0.2) is 24.5 Å². The number of nitrogens with one attached hydrogen (secondary N) is 1. The van der Waals surface area contributed by atoms with Crippen LogP contribution in [0.25, 0.3) is 0 Å². The topological polar surface area (TPSA) is 49.9 Å². The van der Waals surface area contributed by atoms with E-state index in [1.807, 2.05) is 24.5 Å². The maximum Gasteiger partial charge on any atom is 0.169 e. The fourth-order valence-corrected chi connectivity index (χ4v) is 2.90. The molecule has 0 radical (unpaired) electrons. The van der Waals surface area contributed by atoms with E-state index in [2.05, 4.69) is 20.1 Å². The van der Waals surface area contributed by atoms with E-state index in [1.54, 1.807) is 7.11 Å². The zero-order chi connectivity index (χ0) is 17.0. The highest BCUT2D eigenvalue weighted by molar-refractivity contribution is 7.80. The number of methoxy groups -OCH3 is 1. The normalized spacial score (nSPS) is 15.2. The molecule has 1 aliphatic heterocycles. The van der Waals surface area contributed by atoms with Gasteiger partial charge in [-0.1, -0.05) is 0 Å². The van der Waals surface area contributed by atoms with E-state index in [-0.39, 0.29) is 0 Å². The molecule has 2 rings (SSSR count). The quantitative estimate of drug-likeness (QED) is 0.528. The first-order valence-electron chi connectivity index (χ1n) is 8.50. The molecule has 0 atom stereocenters. The molecule has 1 aromatic rings. The van der Waals surface area contributed by atoms with Crippen LogP contribution >= 0.6 is 12.2 Å². The van der Waals surface area contributed by atoms with Crippen molar-refractivity contribution in [1.82, 2.24) is 20.1 Å². The Labute approximate surface area is 150 Å². The minimum absolute atomic E-state index is 0.650. The van der Waals surface area contributed by atoms with Gasteiger partial charge in [0, 0.05) is 58.8 Å². The molecule has 134 valence electrons. The van der Waals surface area contributed by atoms with E-state index in [1.165, 1.54) is 5.56 Å². The number of ether oxygens (including phenoxy) is 2. The van der Waals surface area contributed by atoms with E-state index in [0.29, 0.717) is 6.61 Å². The van der Waals surface area contributed by atoms with Crippen molar-refractivity contribution in [3.05, 3.63) is 30.1 Å². The van der Waals surface area contributed by atoms with Gasteiger partial charge < -0.3 is 19.7 Å². The second-order valence-electron chi connectivity index (χ2n) is 5.81. The molecule has 6 nitrogen and oxygen atoms in total. The summed E-state index contributed by atoms with van der Waals surface area (Å²) in [5.74, 6) is 0. The molecule has 0 saturated carbocycles. The van der Waals surface area contributed by atoms with Gasteiger partial charge in [0.25, 0.3) is 0 Å². The standard InChI is InChI=1S/C17H28N4O2S/c1-22-12-7-19-17(24)21(15-16-3-5-18-6-4-16)9-2-8-20-10-13-23-14-11-20/h3-6H,2,7-15H2,1H3,(H,19,24). The van der Waals surface area contributed by atoms with Crippen LogP contribution < -0.4 is 5.32 Å². The summed E-state index contributed by atoms with van der Waals surface area (Å²) >= 11 is 5.57. The molecule has 0 unspecified atom stereocenters. The molecular formula is C17H28N4O2S. The zero-order valence-electron chi connectivity index (χ0n) is 14.4. The number of morpholine rings is 1. The number of pyridine rings is 1. The summed E-state index contributed by atoms with van der Waals surface area (Å²) in [7, 11) is 1.70. The van der Waals surface area contributed by atoms with E-state index in [0.717, 1.165) is 64.0 Å². The Balaban J connectivity index is 1.82. The van der Waals surface area contributed by atoms with Crippen molar-refractivity contribution in [2.45, 2.75) is 13.0 Å². The van der Waals surface area contributed by atoms with Crippen molar-refractivity contribution in [3.63, 3.8) is 0 Å². The van der Waals surface area contributed by atoms with Gasteiger partial charge in [0.2, 0.25) is 0 Å². The summed E-state index contributed by atoms with van der Waals surface area (Å²) in [6.07, 6.45) is 4.72. The van der Waals surface area contributed by atoms with E-state index >= 15 is 0 Å². The Morgan fingerprint density at radius 3 is 2.83 bits per heavy atom. The predicted molar refractivity (Wildman–Crippen MR) is 99.0 cm³/mol. The Morgan fingerprint density at radius 2 is 2.12 bits per heavy atom. The second-order valence-corrected chi connectivity index (χ2v) is 6.20. The number of hydrogen-bond donors (Lipinski definition) is 1. The van der Waals surface area contributed by atoms with Crippen LogP contribution in [0.1, 0.15) is 12.0 Å². The smallest absolute Gasteiger partial charge is 0.169 e. The minimum atomic E-state index is 0.650. The fraction of sp³-hybridized carbons (Fsp3) is 0.647. The number of hydrogen-bond acceptors (Lipinski definition) is 5. The molecule has 1 fully saturated rings. The molecule has 24 heavy (non-hydrogen) atoms. The van der Waals surface area contributed by atoms with Crippen molar-refractivity contribution in [2.24, 2.45) is 0 Å². The first kappa shape index (κ1) is 19.1. The first-order valence-corrected chi connectivity index (χ1v) is 8.91. The molecule has 0 aromatic carbocycles. The number of aromatic nitrogens is 1. The Bertz CT molecular complexity index is 469. The molecule has 1 aliphatic rings. The van der Waals surface area contributed by atoms with Gasteiger partial charge in [-0.05, 0) is 36.3 Å². The molecule has 2 heterocycles. The van der Waals surface area contributed by atoms with Crippen LogP contribution in [0.3, 0.4) is 0 Å². The number of rotatable bonds is 9. The van der Waals surface area contributed by atoms with Crippen molar-refractivity contribution in [2.75, 3.05) is 59.7 Å². The highest BCUT2D eigenvalue weighted by atomic mass is 32.1. The summed E-state index contributed by atoms with van der Waals surface area (Å²) in [5, 5.41) is 4.06. The van der Waals surface area contributed by atoms with Gasteiger partial charge >= 0.3 is 0 Å². The minimum Gasteiger partial charge on any atom is -0.383 e. The molecule has 1 saturated heterocycles. The third-order valence-electron chi connectivity index (χ3n) is 4.00. The maximum absolute atomic E-state index is 5.57. The van der Waals surface area contributed by atoms with E-state index in [4.69, 9.17) is 21.7 Å². The third kappa shape index (κ3) is 7.09. The average molecular weight is 353 g/mol. The third-order valence-corrected chi connectivity index (χ3v) is 4.40. The average Bonchev–Trinajstić information content (AvgIpc) is 2.63. The maximum atomic E-state index is 5.57. The lowest BCUT2D eigenvalue weighted by atomic mass is 10.2. The van der Waals surface area contributed by atoms with Gasteiger partial charge in [-0.25, -0.2) is 0 Å². The van der Waals surface area contributed by atoms with Gasteiger partial charge in [0.1, 0.15) is 0 Å². The van der Waals surface area contributed by atoms with Gasteiger partial charge in [-0.2, -0.15) is 0 Å². The highest BCUT2D eigenvalue weighted by Gasteiger charge is 2.13. The highest BCUT2D eigenvalue weighted by Crippen LogP contribution is 2.06. The van der Waals surface area contributed by atoms with Gasteiger partial charge in [-0.15, -0.1) is 0 Å². The van der Waals surface area contributed by atoms with E-state index < -0.39 is 0 Å². The van der Waals surface area contributed by atoms with Crippen LogP contribution in [0.4, 0.5) is 0 Å². The fourth-order valence-electron chi connectivity index (χ4n) is 2.64. The van der Waals surface area contributed by atoms with Crippen LogP contribution in [0, 0.1) is 0 Å². The van der Waals surface area contributed by atoms with Gasteiger partial charge in [0.05, 0.1) is 19.8 Å². The SMILES string of the molecule is COCCNC(=S)N(CCCN1CCOCC1)Cc1ccncc1. The lowest BCUT2D eigenvalue weighted by Crippen LogP contribution is -2.42. The second kappa shape index (κ2) is 11.3. The van der Waals surface area contributed by atoms with Crippen molar-refractivity contribution < 1.29 is 9.47 Å². The summed E-state index contributed by atoms with van der Waals surface area (Å²) < 4.78 is 10.5. The van der Waals surface area contributed by atoms with Crippen molar-refractivity contribution in [3.8, 4) is 0 Å². The lowest BCUT2D eigenvalue weighted by molar-refractivity contribution is 0.0367. The molecule has 1 aromatic heterocycles. The molecular weight excluding hydrogens is 324 g/mol. The number of thiocarbonyl (C=S) groups is 1. The largest absolute Gasteiger partial charge is 0.383 e. The molecule has 1 N–H and O–H groups in total. The number of nitrogens with zero attached hydrogens (tertiary/aromatic N) is 3. The Kier molecular flexibility index (Phi) is 8.97. The van der Waals surface area contributed by atoms with Crippen LogP contribution in [-0.4, -0.2) is 79.6 Å². The van der Waals surface area contributed by atoms with Gasteiger partial charge in [0.15, 0.2) is 5.11 Å². The molecule has 0 bridgehead atoms. The lowest BCUT2D eigenvalue weighted by Gasteiger charge is -2.29. The van der Waals surface area contributed by atoms with Crippen molar-refractivity contribution in [1.29, 1.82) is 0 Å². The van der Waals surface area contributed by atoms with Crippen molar-refractivity contribution >= 4 is 17.3 Å². The summed E-state index contributed by atoms with van der Waals surface area (Å²) in [6, 6.07) is 4.07. The summed E-state index contributed by atoms with van der Waals surface area (Å²) in [4.78, 5) is 8.76. The van der Waals surface area contributed by atoms with Crippen LogP contribution in [0.2, 0.25) is 0 Å². The summed E-state index contributed by atoms with van der Waals surface area (Å²) in [6.45, 7) is 7.93. The first-order chi connectivity index (χ1) is 11.8. The molecule has 0 spiro atoms. The molecule has 0 aliphatic carbocycles. The predicted octanol–water partition coefficient (Wildman–Crippen LogP) is 1.13. The van der Waals surface area contributed by atoms with Crippen LogP contribution in [0.5, 0.6) is 0 Å².